The Kier molecular flexibility index (Phi) is 9.00. The summed E-state index contributed by atoms with van der Waals surface area (Å²) in [6, 6.07) is 38.3. The van der Waals surface area contributed by atoms with Gasteiger partial charge in [-0.1, -0.05) is 43.8 Å². The zero-order chi connectivity index (χ0) is 35.6. The van der Waals surface area contributed by atoms with Crippen molar-refractivity contribution in [2.45, 2.75) is 48.8 Å². The van der Waals surface area contributed by atoms with Crippen LogP contribution in [0.1, 0.15) is 37.0 Å². The molecule has 9 rings (SSSR count). The molecule has 2 heterocycles. The maximum absolute atomic E-state index is 4.59. The Hall–Kier alpha value is -3.58. The van der Waals surface area contributed by atoms with E-state index in [0.717, 1.165) is 35.6 Å². The van der Waals surface area contributed by atoms with Crippen molar-refractivity contribution in [3.8, 4) is 0 Å². The largest absolute Gasteiger partial charge is 0.308 e. The van der Waals surface area contributed by atoms with E-state index in [2.05, 4.69) is 174 Å². The molecule has 0 radical (unpaired) electrons. The molecule has 6 aromatic carbocycles. The highest BCUT2D eigenvalue weighted by Crippen LogP contribution is 2.53. The average Bonchev–Trinajstić information content (AvgIpc) is 3.18. The SMILES string of the molecule is Cc1cc(N(c2ccc(SI)cc2)c2cccnc2)c2cc3c4c(cc(N(c5ccc(SI)cc5)c5cccnc5)c5ccc1c2c54)CCC3(C)C. The van der Waals surface area contributed by atoms with Gasteiger partial charge in [0.15, 0.2) is 0 Å². The lowest BCUT2D eigenvalue weighted by molar-refractivity contribution is 0.475. The number of nitrogens with zero attached hydrogens (tertiary/aromatic N) is 4. The second kappa shape index (κ2) is 13.7. The molecule has 0 saturated heterocycles. The van der Waals surface area contributed by atoms with Crippen LogP contribution in [0.5, 0.6) is 0 Å². The van der Waals surface area contributed by atoms with Gasteiger partial charge in [0.05, 0.1) is 35.1 Å². The van der Waals surface area contributed by atoms with Crippen molar-refractivity contribution in [3.63, 3.8) is 0 Å². The number of halogens is 2. The van der Waals surface area contributed by atoms with Crippen molar-refractivity contribution in [3.05, 3.63) is 145 Å². The molecule has 0 amide bonds. The summed E-state index contributed by atoms with van der Waals surface area (Å²) in [5, 5.41) is 7.90. The van der Waals surface area contributed by atoms with Crippen LogP contribution in [0.3, 0.4) is 0 Å². The minimum absolute atomic E-state index is 0.0116. The summed E-state index contributed by atoms with van der Waals surface area (Å²) < 4.78 is 0. The highest BCUT2D eigenvalue weighted by atomic mass is 127. The van der Waals surface area contributed by atoms with Crippen molar-refractivity contribution < 1.29 is 0 Å². The number of hydrogen-bond donors (Lipinski definition) is 0. The van der Waals surface area contributed by atoms with Crippen LogP contribution in [0.15, 0.2) is 138 Å². The van der Waals surface area contributed by atoms with Gasteiger partial charge in [0.25, 0.3) is 0 Å². The molecule has 0 bridgehead atoms. The fourth-order valence-corrected chi connectivity index (χ4v) is 10.4. The van der Waals surface area contributed by atoms with E-state index in [9.17, 15) is 0 Å². The fraction of sp³-hybridized carbons (Fsp3) is 0.136. The third-order valence-electron chi connectivity index (χ3n) is 10.7. The first kappa shape index (κ1) is 34.2. The van der Waals surface area contributed by atoms with Crippen molar-refractivity contribution in [1.82, 2.24) is 9.97 Å². The van der Waals surface area contributed by atoms with Gasteiger partial charge >= 0.3 is 0 Å². The predicted molar refractivity (Wildman–Crippen MR) is 241 cm³/mol. The second-order valence-corrected chi connectivity index (χ2v) is 18.0. The van der Waals surface area contributed by atoms with Gasteiger partial charge in [0, 0.05) is 92.1 Å². The van der Waals surface area contributed by atoms with Gasteiger partial charge in [-0.15, -0.1) is 0 Å². The van der Waals surface area contributed by atoms with Crippen LogP contribution in [0.4, 0.5) is 34.1 Å². The van der Waals surface area contributed by atoms with E-state index in [1.54, 1.807) is 17.9 Å². The normalized spacial score (nSPS) is 13.6. The molecular weight excluding hydrogens is 902 g/mol. The number of aromatic nitrogens is 2. The van der Waals surface area contributed by atoms with Gasteiger partial charge in [-0.05, 0) is 149 Å². The number of hydrogen-bond acceptors (Lipinski definition) is 6. The zero-order valence-electron chi connectivity index (χ0n) is 28.9. The van der Waals surface area contributed by atoms with Crippen LogP contribution >= 0.6 is 60.3 Å². The summed E-state index contributed by atoms with van der Waals surface area (Å²) in [4.78, 5) is 16.4. The zero-order valence-corrected chi connectivity index (χ0v) is 34.8. The molecule has 0 spiro atoms. The highest BCUT2D eigenvalue weighted by molar-refractivity contribution is 14.2. The van der Waals surface area contributed by atoms with Crippen LogP contribution in [0.2, 0.25) is 0 Å². The minimum Gasteiger partial charge on any atom is -0.308 e. The van der Waals surface area contributed by atoms with Crippen molar-refractivity contribution >= 4 is 127 Å². The van der Waals surface area contributed by atoms with E-state index in [4.69, 9.17) is 0 Å². The van der Waals surface area contributed by atoms with Gasteiger partial charge in [0.2, 0.25) is 0 Å². The molecule has 0 atom stereocenters. The lowest BCUT2D eigenvalue weighted by Crippen LogP contribution is -2.24. The number of pyridine rings is 2. The van der Waals surface area contributed by atoms with Gasteiger partial charge in [-0.25, -0.2) is 0 Å². The Labute approximate surface area is 336 Å². The summed E-state index contributed by atoms with van der Waals surface area (Å²) in [6.07, 6.45) is 9.78. The first-order valence-electron chi connectivity index (χ1n) is 17.3. The average molecular weight is 937 g/mol. The van der Waals surface area contributed by atoms with Gasteiger partial charge < -0.3 is 9.80 Å². The van der Waals surface area contributed by atoms with Crippen molar-refractivity contribution in [2.75, 3.05) is 9.80 Å². The van der Waals surface area contributed by atoms with Gasteiger partial charge in [0.1, 0.15) is 0 Å². The van der Waals surface area contributed by atoms with E-state index in [-0.39, 0.29) is 5.41 Å². The molecule has 8 heteroatoms. The Bertz CT molecular complexity index is 2580. The molecule has 52 heavy (non-hydrogen) atoms. The van der Waals surface area contributed by atoms with E-state index in [1.807, 2.05) is 36.9 Å². The molecule has 256 valence electrons. The maximum atomic E-state index is 4.59. The number of aryl methyl sites for hydroxylation is 2. The van der Waals surface area contributed by atoms with E-state index in [0.29, 0.717) is 0 Å². The summed E-state index contributed by atoms with van der Waals surface area (Å²) >= 11 is 4.72. The lowest BCUT2D eigenvalue weighted by atomic mass is 9.70. The smallest absolute Gasteiger partial charge is 0.0645 e. The van der Waals surface area contributed by atoms with Crippen LogP contribution in [-0.4, -0.2) is 9.97 Å². The first-order valence-corrected chi connectivity index (χ1v) is 24.0. The topological polar surface area (TPSA) is 32.3 Å². The van der Waals surface area contributed by atoms with Crippen molar-refractivity contribution in [2.24, 2.45) is 0 Å². The summed E-state index contributed by atoms with van der Waals surface area (Å²) in [7, 11) is 3.47. The van der Waals surface area contributed by atoms with Gasteiger partial charge in [-0.3, -0.25) is 9.97 Å². The number of rotatable bonds is 8. The van der Waals surface area contributed by atoms with E-state index >= 15 is 0 Å². The molecule has 0 N–H and O–H groups in total. The molecule has 4 nitrogen and oxygen atoms in total. The molecule has 2 aromatic heterocycles. The Morgan fingerprint density at radius 1 is 0.596 bits per heavy atom. The Balaban J connectivity index is 1.41. The third kappa shape index (κ3) is 5.72. The Morgan fingerprint density at radius 2 is 1.15 bits per heavy atom. The predicted octanol–water partition coefficient (Wildman–Crippen LogP) is 14.7. The number of anilines is 6. The summed E-state index contributed by atoms with van der Waals surface area (Å²) in [5.74, 6) is 0. The van der Waals surface area contributed by atoms with E-state index in [1.165, 1.54) is 70.2 Å². The highest BCUT2D eigenvalue weighted by Gasteiger charge is 2.33. The monoisotopic (exact) mass is 936 g/mol. The summed E-state index contributed by atoms with van der Waals surface area (Å²) in [6.45, 7) is 7.11. The number of benzene rings is 6. The molecule has 0 aliphatic heterocycles. The molecule has 0 fully saturated rings. The lowest BCUT2D eigenvalue weighted by Gasteiger charge is -2.37. The minimum atomic E-state index is 0.0116. The van der Waals surface area contributed by atoms with Crippen LogP contribution < -0.4 is 9.80 Å². The first-order chi connectivity index (χ1) is 25.4. The third-order valence-corrected chi connectivity index (χ3v) is 14.6. The molecule has 1 aliphatic rings. The maximum Gasteiger partial charge on any atom is 0.0645 e. The van der Waals surface area contributed by atoms with E-state index < -0.39 is 0 Å². The fourth-order valence-electron chi connectivity index (χ4n) is 8.12. The van der Waals surface area contributed by atoms with Crippen LogP contribution in [-0.2, 0) is 11.8 Å². The van der Waals surface area contributed by atoms with Gasteiger partial charge in [-0.2, -0.15) is 0 Å². The van der Waals surface area contributed by atoms with Crippen molar-refractivity contribution in [1.29, 1.82) is 0 Å². The molecule has 0 unspecified atom stereocenters. The molecule has 0 saturated carbocycles. The summed E-state index contributed by atoms with van der Waals surface area (Å²) in [5.41, 5.74) is 10.8. The van der Waals surface area contributed by atoms with Crippen LogP contribution in [0.25, 0.3) is 32.3 Å². The second-order valence-electron chi connectivity index (χ2n) is 14.1. The standard InChI is InChI=1S/C44H34I2N4S2/c1-27-22-39(49(31-6-4-20-47-25-31)29-8-12-33(51-45)13-9-29)37-24-38-41-28(18-19-44(38,2)3)23-40(36-17-16-35(27)42(37)43(36)41)50(32-7-5-21-48-26-32)30-10-14-34(52-46)15-11-30/h4-17,20-26H,18-19H2,1-3H3. The Morgan fingerprint density at radius 3 is 1.69 bits per heavy atom. The molecule has 8 aromatic rings. The molecule has 1 aliphatic carbocycles. The molecular formula is C44H34I2N4S2. The quantitative estimate of drug-likeness (QED) is 0.111. The van der Waals surface area contributed by atoms with Crippen LogP contribution in [0, 0.1) is 6.92 Å².